The Balaban J connectivity index is 0.000000644. The second kappa shape index (κ2) is 14.8. The predicted octanol–water partition coefficient (Wildman–Crippen LogP) is 6.13. The molecule has 0 unspecified atom stereocenters. The lowest BCUT2D eigenvalue weighted by Gasteiger charge is -2.21. The number of nitrogens with two attached hydrogens (primary N) is 1. The lowest BCUT2D eigenvalue weighted by Crippen LogP contribution is -2.18. The average Bonchev–Trinajstić information content (AvgIpc) is 3.42. The van der Waals surface area contributed by atoms with Crippen molar-refractivity contribution >= 4 is 34.3 Å². The minimum atomic E-state index is -3.67. The summed E-state index contributed by atoms with van der Waals surface area (Å²) in [4.78, 5) is 33.2. The van der Waals surface area contributed by atoms with Crippen molar-refractivity contribution in [3.63, 3.8) is 0 Å². The molecular weight excluding hydrogens is 509 g/mol. The summed E-state index contributed by atoms with van der Waals surface area (Å²) in [7, 11) is 1.50. The van der Waals surface area contributed by atoms with Crippen LogP contribution >= 0.6 is 0 Å². The van der Waals surface area contributed by atoms with E-state index in [0.717, 1.165) is 46.6 Å². The summed E-state index contributed by atoms with van der Waals surface area (Å²) in [5, 5.41) is 6.51. The van der Waals surface area contributed by atoms with Gasteiger partial charge in [0.15, 0.2) is 5.65 Å². The molecule has 0 saturated heterocycles. The third-order valence-corrected chi connectivity index (χ3v) is 6.26. The molecule has 208 valence electrons. The standard InChI is InChI=1S/C25H27N7O.CHF3.CH5N/c1-16-9-10-18(31-21(33)12-17-6-3-2-4-7-17)13-20(16)32-24-19(8-5-11-26-24)22-23-25(29-14-27-22)30-15-28-23;2-1(3)4;1-2/h5,8-11,13-15,17H,2-4,6-7,12H2,1H3,(H,26,32)(H,31,33)(H,27,28,29,30);1H;2H2,1H3. The first-order valence-electron chi connectivity index (χ1n) is 12.7. The maximum absolute atomic E-state index is 12.6. The number of aromatic nitrogens is 5. The molecule has 0 atom stereocenters. The molecule has 3 heterocycles. The summed E-state index contributed by atoms with van der Waals surface area (Å²) in [5.41, 5.74) is 10.1. The number of pyridine rings is 1. The smallest absolute Gasteiger partial charge is 0.341 e. The summed E-state index contributed by atoms with van der Waals surface area (Å²) >= 11 is 0. The molecular formula is C27H33F3N8O. The monoisotopic (exact) mass is 542 g/mol. The topological polar surface area (TPSA) is 134 Å². The van der Waals surface area contributed by atoms with Gasteiger partial charge in [-0.1, -0.05) is 25.3 Å². The van der Waals surface area contributed by atoms with Crippen molar-refractivity contribution < 1.29 is 18.0 Å². The Morgan fingerprint density at radius 2 is 1.82 bits per heavy atom. The van der Waals surface area contributed by atoms with E-state index in [1.807, 2.05) is 37.3 Å². The number of imidazole rings is 1. The van der Waals surface area contributed by atoms with Crippen LogP contribution < -0.4 is 16.4 Å². The zero-order chi connectivity index (χ0) is 28.2. The van der Waals surface area contributed by atoms with Crippen molar-refractivity contribution in [2.24, 2.45) is 11.7 Å². The van der Waals surface area contributed by atoms with Crippen LogP contribution in [-0.4, -0.2) is 44.6 Å². The van der Waals surface area contributed by atoms with Gasteiger partial charge >= 0.3 is 6.68 Å². The third kappa shape index (κ3) is 8.47. The number of alkyl halides is 3. The number of amides is 1. The van der Waals surface area contributed by atoms with Gasteiger partial charge in [0.25, 0.3) is 0 Å². The molecule has 1 saturated carbocycles. The van der Waals surface area contributed by atoms with Gasteiger partial charge in [-0.3, -0.25) is 4.79 Å². The number of aromatic amines is 1. The number of anilines is 3. The second-order valence-electron chi connectivity index (χ2n) is 8.88. The molecule has 5 N–H and O–H groups in total. The van der Waals surface area contributed by atoms with Gasteiger partial charge in [0, 0.05) is 29.6 Å². The molecule has 0 spiro atoms. The number of fused-ring (bicyclic) bond motifs is 1. The summed E-state index contributed by atoms with van der Waals surface area (Å²) in [6.45, 7) is -1.64. The number of halogens is 3. The van der Waals surface area contributed by atoms with Crippen molar-refractivity contribution in [3.05, 3.63) is 54.7 Å². The Hall–Kier alpha value is -4.06. The number of hydrogen-bond acceptors (Lipinski definition) is 7. The van der Waals surface area contributed by atoms with Crippen molar-refractivity contribution in [1.82, 2.24) is 24.9 Å². The summed E-state index contributed by atoms with van der Waals surface area (Å²) in [6.07, 6.45) is 11.5. The summed E-state index contributed by atoms with van der Waals surface area (Å²) < 4.78 is 29.0. The van der Waals surface area contributed by atoms with Crippen LogP contribution in [0.5, 0.6) is 0 Å². The molecule has 12 heteroatoms. The zero-order valence-electron chi connectivity index (χ0n) is 21.9. The molecule has 0 aliphatic heterocycles. The van der Waals surface area contributed by atoms with Crippen molar-refractivity contribution in [2.45, 2.75) is 52.1 Å². The van der Waals surface area contributed by atoms with Crippen LogP contribution in [0.3, 0.4) is 0 Å². The maximum Gasteiger partial charge on any atom is 0.379 e. The molecule has 1 amide bonds. The summed E-state index contributed by atoms with van der Waals surface area (Å²) in [5.74, 6) is 1.25. The number of benzene rings is 1. The van der Waals surface area contributed by atoms with E-state index in [2.05, 4.69) is 41.3 Å². The third-order valence-electron chi connectivity index (χ3n) is 6.26. The molecule has 1 aliphatic carbocycles. The van der Waals surface area contributed by atoms with Crippen molar-refractivity contribution in [1.29, 1.82) is 0 Å². The highest BCUT2D eigenvalue weighted by Crippen LogP contribution is 2.32. The number of nitrogens with one attached hydrogen (secondary N) is 3. The molecule has 3 aromatic heterocycles. The van der Waals surface area contributed by atoms with Gasteiger partial charge < -0.3 is 21.4 Å². The number of rotatable bonds is 6. The Morgan fingerprint density at radius 3 is 2.56 bits per heavy atom. The van der Waals surface area contributed by atoms with Crippen molar-refractivity contribution in [2.75, 3.05) is 17.7 Å². The molecule has 1 fully saturated rings. The van der Waals surface area contributed by atoms with Gasteiger partial charge in [0.2, 0.25) is 5.91 Å². The van der Waals surface area contributed by atoms with E-state index in [1.165, 1.54) is 32.6 Å². The number of carbonyl (C=O) groups is 1. The van der Waals surface area contributed by atoms with Crippen LogP contribution in [0.1, 0.15) is 44.1 Å². The van der Waals surface area contributed by atoms with E-state index < -0.39 is 6.68 Å². The number of hydrogen-bond donors (Lipinski definition) is 4. The van der Waals surface area contributed by atoms with E-state index in [1.54, 1.807) is 12.5 Å². The van der Waals surface area contributed by atoms with Crippen LogP contribution in [-0.2, 0) is 4.79 Å². The number of H-pyrrole nitrogens is 1. The molecule has 4 aromatic rings. The first-order valence-corrected chi connectivity index (χ1v) is 12.7. The fraction of sp³-hybridized carbons (Fsp3) is 0.370. The van der Waals surface area contributed by atoms with Crippen LogP contribution in [0.2, 0.25) is 0 Å². The highest BCUT2D eigenvalue weighted by Gasteiger charge is 2.18. The maximum atomic E-state index is 12.6. The van der Waals surface area contributed by atoms with Gasteiger partial charge in [0.05, 0.1) is 6.33 Å². The highest BCUT2D eigenvalue weighted by molar-refractivity contribution is 5.93. The Bertz CT molecular complexity index is 1340. The first-order chi connectivity index (χ1) is 18.9. The van der Waals surface area contributed by atoms with E-state index >= 15 is 0 Å². The molecule has 5 rings (SSSR count). The van der Waals surface area contributed by atoms with Gasteiger partial charge in [-0.05, 0) is 62.6 Å². The SMILES string of the molecule is CN.Cc1ccc(NC(=O)CC2CCCCC2)cc1Nc1ncccc1-c1ncnc2nc[nH]c12.FC(F)F. The van der Waals surface area contributed by atoms with Crippen molar-refractivity contribution in [3.8, 4) is 11.3 Å². The Labute approximate surface area is 224 Å². The largest absolute Gasteiger partial charge is 0.379 e. The van der Waals surface area contributed by atoms with Crippen LogP contribution in [0.4, 0.5) is 30.4 Å². The average molecular weight is 543 g/mol. The Kier molecular flexibility index (Phi) is 11.2. The van der Waals surface area contributed by atoms with Gasteiger partial charge in [-0.2, -0.15) is 13.2 Å². The van der Waals surface area contributed by atoms with Crippen LogP contribution in [0, 0.1) is 12.8 Å². The molecule has 9 nitrogen and oxygen atoms in total. The predicted molar refractivity (Wildman–Crippen MR) is 146 cm³/mol. The lowest BCUT2D eigenvalue weighted by atomic mass is 9.87. The summed E-state index contributed by atoms with van der Waals surface area (Å²) in [6, 6.07) is 9.73. The molecule has 1 aromatic carbocycles. The first kappa shape index (κ1) is 29.5. The number of aryl methyl sites for hydroxylation is 1. The van der Waals surface area contributed by atoms with Gasteiger partial charge in [0.1, 0.15) is 23.4 Å². The fourth-order valence-electron chi connectivity index (χ4n) is 4.49. The molecule has 1 aliphatic rings. The number of nitrogens with zero attached hydrogens (tertiary/aromatic N) is 4. The Morgan fingerprint density at radius 1 is 1.08 bits per heavy atom. The zero-order valence-corrected chi connectivity index (χ0v) is 21.9. The fourth-order valence-corrected chi connectivity index (χ4v) is 4.49. The van der Waals surface area contributed by atoms with E-state index in [-0.39, 0.29) is 5.91 Å². The van der Waals surface area contributed by atoms with Crippen LogP contribution in [0.15, 0.2) is 49.2 Å². The quantitative estimate of drug-likeness (QED) is 0.230. The minimum Gasteiger partial charge on any atom is -0.341 e. The highest BCUT2D eigenvalue weighted by atomic mass is 19.4. The van der Waals surface area contributed by atoms with E-state index in [9.17, 15) is 18.0 Å². The van der Waals surface area contributed by atoms with E-state index in [0.29, 0.717) is 23.8 Å². The second-order valence-corrected chi connectivity index (χ2v) is 8.88. The number of carbonyl (C=O) groups excluding carboxylic acids is 1. The van der Waals surface area contributed by atoms with Gasteiger partial charge in [-0.15, -0.1) is 0 Å². The van der Waals surface area contributed by atoms with Crippen LogP contribution in [0.25, 0.3) is 22.4 Å². The minimum absolute atomic E-state index is 0.0813. The molecule has 39 heavy (non-hydrogen) atoms. The van der Waals surface area contributed by atoms with Gasteiger partial charge in [-0.25, -0.2) is 19.9 Å². The molecule has 0 bridgehead atoms. The molecule has 0 radical (unpaired) electrons. The lowest BCUT2D eigenvalue weighted by molar-refractivity contribution is -0.117. The normalized spacial score (nSPS) is 13.2. The van der Waals surface area contributed by atoms with E-state index in [4.69, 9.17) is 0 Å².